The van der Waals surface area contributed by atoms with Crippen LogP contribution in [0.2, 0.25) is 10.0 Å². The van der Waals surface area contributed by atoms with Crippen molar-refractivity contribution in [2.45, 2.75) is 0 Å². The van der Waals surface area contributed by atoms with E-state index in [9.17, 15) is 13.6 Å². The average Bonchev–Trinajstić information content (AvgIpc) is 2.38. The van der Waals surface area contributed by atoms with E-state index in [1.54, 1.807) is 0 Å². The molecule has 3 N–H and O–H groups in total. The first-order valence-electron chi connectivity index (χ1n) is 5.50. The number of rotatable bonds is 2. The molecule has 0 heterocycles. The van der Waals surface area contributed by atoms with Gasteiger partial charge >= 0.3 is 0 Å². The van der Waals surface area contributed by atoms with Crippen LogP contribution in [-0.2, 0) is 0 Å². The summed E-state index contributed by atoms with van der Waals surface area (Å²) < 4.78 is 28.0. The van der Waals surface area contributed by atoms with E-state index in [0.717, 1.165) is 12.1 Å². The second-order valence-electron chi connectivity index (χ2n) is 4.02. The van der Waals surface area contributed by atoms with E-state index in [1.165, 1.54) is 12.1 Å². The molecule has 0 aliphatic carbocycles. The molecule has 1 amide bonds. The van der Waals surface area contributed by atoms with Crippen LogP contribution in [0.25, 0.3) is 0 Å². The Kier molecular flexibility index (Phi) is 4.70. The van der Waals surface area contributed by atoms with Crippen molar-refractivity contribution in [1.82, 2.24) is 0 Å². The Morgan fingerprint density at radius 2 is 1.76 bits per heavy atom. The van der Waals surface area contributed by atoms with Gasteiger partial charge in [-0.05, 0) is 24.3 Å². The molecule has 2 aromatic carbocycles. The lowest BCUT2D eigenvalue weighted by molar-refractivity contribution is 0.101. The van der Waals surface area contributed by atoms with Crippen molar-refractivity contribution in [3.05, 3.63) is 56.0 Å². The fourth-order valence-corrected chi connectivity index (χ4v) is 2.92. The number of nitrogens with one attached hydrogen (secondary N) is 1. The number of halogens is 5. The van der Waals surface area contributed by atoms with Crippen LogP contribution in [0.15, 0.2) is 28.7 Å². The van der Waals surface area contributed by atoms with E-state index in [-0.39, 0.29) is 21.4 Å². The van der Waals surface area contributed by atoms with Gasteiger partial charge in [0.05, 0.1) is 21.4 Å². The molecule has 110 valence electrons. The molecular weight excluding hydrogens is 389 g/mol. The Morgan fingerprint density at radius 3 is 2.33 bits per heavy atom. The van der Waals surface area contributed by atoms with Crippen molar-refractivity contribution in [3.63, 3.8) is 0 Å². The van der Waals surface area contributed by atoms with Gasteiger partial charge in [-0.3, -0.25) is 4.79 Å². The molecular formula is C13H7BrCl2F2N2O. The fraction of sp³-hybridized carbons (Fsp3) is 0. The van der Waals surface area contributed by atoms with Crippen LogP contribution in [0.1, 0.15) is 10.4 Å². The van der Waals surface area contributed by atoms with Crippen LogP contribution in [0.4, 0.5) is 20.2 Å². The minimum Gasteiger partial charge on any atom is -0.396 e. The third kappa shape index (κ3) is 3.28. The molecule has 0 unspecified atom stereocenters. The Hall–Kier alpha value is -1.37. The van der Waals surface area contributed by atoms with E-state index in [1.807, 2.05) is 0 Å². The van der Waals surface area contributed by atoms with Gasteiger partial charge in [0.1, 0.15) is 11.4 Å². The normalized spacial score (nSPS) is 10.5. The molecule has 21 heavy (non-hydrogen) atoms. The number of benzene rings is 2. The van der Waals surface area contributed by atoms with Gasteiger partial charge in [-0.15, -0.1) is 0 Å². The number of nitrogens with two attached hydrogens (primary N) is 1. The molecule has 0 saturated carbocycles. The van der Waals surface area contributed by atoms with E-state index >= 15 is 0 Å². The predicted octanol–water partition coefficient (Wildman–Crippen LogP) is 4.87. The van der Waals surface area contributed by atoms with E-state index < -0.39 is 23.1 Å². The lowest BCUT2D eigenvalue weighted by Gasteiger charge is -2.11. The summed E-state index contributed by atoms with van der Waals surface area (Å²) in [7, 11) is 0. The maximum absolute atomic E-state index is 13.8. The first kappa shape index (κ1) is 16.0. The number of nitrogen functional groups attached to an aromatic ring is 1. The second kappa shape index (κ2) is 6.17. The van der Waals surface area contributed by atoms with Crippen molar-refractivity contribution >= 4 is 56.4 Å². The zero-order valence-electron chi connectivity index (χ0n) is 10.2. The smallest absolute Gasteiger partial charge is 0.261 e. The van der Waals surface area contributed by atoms with Gasteiger partial charge in [-0.2, -0.15) is 0 Å². The monoisotopic (exact) mass is 394 g/mol. The molecule has 2 aromatic rings. The highest BCUT2D eigenvalue weighted by Gasteiger charge is 2.21. The minimum absolute atomic E-state index is 0.0488. The maximum Gasteiger partial charge on any atom is 0.261 e. The first-order chi connectivity index (χ1) is 9.81. The summed E-state index contributed by atoms with van der Waals surface area (Å²) in [6.07, 6.45) is 0. The van der Waals surface area contributed by atoms with Crippen LogP contribution in [0.5, 0.6) is 0 Å². The van der Waals surface area contributed by atoms with Crippen LogP contribution in [0, 0.1) is 11.6 Å². The lowest BCUT2D eigenvalue weighted by atomic mass is 10.1. The summed E-state index contributed by atoms with van der Waals surface area (Å²) in [6, 6.07) is 4.89. The van der Waals surface area contributed by atoms with Crippen LogP contribution < -0.4 is 11.1 Å². The van der Waals surface area contributed by atoms with Crippen molar-refractivity contribution < 1.29 is 13.6 Å². The van der Waals surface area contributed by atoms with Gasteiger partial charge in [-0.25, -0.2) is 8.78 Å². The van der Waals surface area contributed by atoms with Gasteiger partial charge in [-0.1, -0.05) is 39.1 Å². The third-order valence-electron chi connectivity index (χ3n) is 2.59. The predicted molar refractivity (Wildman–Crippen MR) is 82.9 cm³/mol. The van der Waals surface area contributed by atoms with E-state index in [2.05, 4.69) is 21.2 Å². The SMILES string of the molecule is Nc1ccc(F)c(C(=O)Nc2c(Cl)cc(Br)cc2Cl)c1F. The molecule has 0 bridgehead atoms. The quantitative estimate of drug-likeness (QED) is 0.712. The number of hydrogen-bond acceptors (Lipinski definition) is 2. The van der Waals surface area contributed by atoms with Gasteiger partial charge in [0.25, 0.3) is 5.91 Å². The van der Waals surface area contributed by atoms with Gasteiger partial charge in [0.15, 0.2) is 5.82 Å². The standard InChI is InChI=1S/C13H7BrCl2F2N2O/c14-5-3-6(15)12(7(16)4-5)20-13(21)10-8(17)1-2-9(19)11(10)18/h1-4H,19H2,(H,20,21). The number of carbonyl (C=O) groups is 1. The first-order valence-corrected chi connectivity index (χ1v) is 7.05. The number of anilines is 2. The highest BCUT2D eigenvalue weighted by atomic mass is 79.9. The highest BCUT2D eigenvalue weighted by Crippen LogP contribution is 2.34. The minimum atomic E-state index is -1.14. The molecule has 0 spiro atoms. The third-order valence-corrected chi connectivity index (χ3v) is 3.65. The van der Waals surface area contributed by atoms with Crippen molar-refractivity contribution in [2.24, 2.45) is 0 Å². The van der Waals surface area contributed by atoms with Gasteiger partial charge < -0.3 is 11.1 Å². The Bertz CT molecular complexity index is 717. The molecule has 0 fully saturated rings. The summed E-state index contributed by atoms with van der Waals surface area (Å²) in [5, 5.41) is 2.51. The Labute approximate surface area is 137 Å². The van der Waals surface area contributed by atoms with E-state index in [0.29, 0.717) is 4.47 Å². The molecule has 0 saturated heterocycles. The van der Waals surface area contributed by atoms with Crippen molar-refractivity contribution in [3.8, 4) is 0 Å². The van der Waals surface area contributed by atoms with Crippen molar-refractivity contribution in [2.75, 3.05) is 11.1 Å². The average molecular weight is 396 g/mol. The van der Waals surface area contributed by atoms with Gasteiger partial charge in [0.2, 0.25) is 0 Å². The molecule has 8 heteroatoms. The summed E-state index contributed by atoms with van der Waals surface area (Å²) in [5.74, 6) is -3.22. The second-order valence-corrected chi connectivity index (χ2v) is 5.75. The number of amides is 1. The zero-order valence-corrected chi connectivity index (χ0v) is 13.3. The fourth-order valence-electron chi connectivity index (χ4n) is 1.61. The molecule has 2 rings (SSSR count). The Morgan fingerprint density at radius 1 is 1.19 bits per heavy atom. The largest absolute Gasteiger partial charge is 0.396 e. The molecule has 0 aliphatic rings. The lowest BCUT2D eigenvalue weighted by Crippen LogP contribution is -2.17. The molecule has 0 aromatic heterocycles. The maximum atomic E-state index is 13.8. The number of carbonyl (C=O) groups excluding carboxylic acids is 1. The highest BCUT2D eigenvalue weighted by molar-refractivity contribution is 9.10. The topological polar surface area (TPSA) is 55.1 Å². The molecule has 3 nitrogen and oxygen atoms in total. The zero-order chi connectivity index (χ0) is 15.7. The summed E-state index contributed by atoms with van der Waals surface area (Å²) >= 11 is 15.0. The molecule has 0 atom stereocenters. The summed E-state index contributed by atoms with van der Waals surface area (Å²) in [5.41, 5.74) is 4.23. The van der Waals surface area contributed by atoms with Gasteiger partial charge in [0, 0.05) is 4.47 Å². The van der Waals surface area contributed by atoms with Crippen LogP contribution in [-0.4, -0.2) is 5.91 Å². The van der Waals surface area contributed by atoms with E-state index in [4.69, 9.17) is 28.9 Å². The van der Waals surface area contributed by atoms with Crippen LogP contribution in [0.3, 0.4) is 0 Å². The summed E-state index contributed by atoms with van der Waals surface area (Å²) in [4.78, 5) is 12.0. The van der Waals surface area contributed by atoms with Crippen LogP contribution >= 0.6 is 39.1 Å². The number of hydrogen-bond donors (Lipinski definition) is 2. The molecule has 0 radical (unpaired) electrons. The van der Waals surface area contributed by atoms with Crippen molar-refractivity contribution in [1.29, 1.82) is 0 Å². The summed E-state index contributed by atoms with van der Waals surface area (Å²) in [6.45, 7) is 0. The molecule has 0 aliphatic heterocycles. The Balaban J connectivity index is 2.42.